The first-order valence-corrected chi connectivity index (χ1v) is 5.93. The van der Waals surface area contributed by atoms with Gasteiger partial charge in [-0.25, -0.2) is 4.79 Å². The number of rotatable bonds is 3. The molecule has 0 unspecified atom stereocenters. The maximum Gasteiger partial charge on any atom is 0.338 e. The van der Waals surface area contributed by atoms with Crippen molar-refractivity contribution in [3.63, 3.8) is 0 Å². The zero-order valence-electron chi connectivity index (χ0n) is 9.27. The zero-order chi connectivity index (χ0) is 13.0. The lowest BCUT2D eigenvalue weighted by Gasteiger charge is -2.06. The van der Waals surface area contributed by atoms with Crippen LogP contribution in [0.4, 0.5) is 0 Å². The van der Waals surface area contributed by atoms with E-state index in [1.54, 1.807) is 30.3 Å². The summed E-state index contributed by atoms with van der Waals surface area (Å²) in [5.74, 6) is -0.414. The zero-order valence-corrected chi connectivity index (χ0v) is 10.8. The van der Waals surface area contributed by atoms with E-state index in [4.69, 9.17) is 27.9 Å². The van der Waals surface area contributed by atoms with Crippen molar-refractivity contribution < 1.29 is 9.53 Å². The number of hydrogen-bond acceptors (Lipinski definition) is 3. The van der Waals surface area contributed by atoms with Gasteiger partial charge in [0.2, 0.25) is 0 Å². The van der Waals surface area contributed by atoms with Crippen LogP contribution in [0.25, 0.3) is 0 Å². The fourth-order valence-electron chi connectivity index (χ4n) is 1.35. The minimum Gasteiger partial charge on any atom is -0.457 e. The van der Waals surface area contributed by atoms with Crippen molar-refractivity contribution in [3.8, 4) is 0 Å². The van der Waals surface area contributed by atoms with E-state index < -0.39 is 5.97 Å². The van der Waals surface area contributed by atoms with Crippen LogP contribution in [0.2, 0.25) is 10.0 Å². The molecule has 1 aromatic carbocycles. The van der Waals surface area contributed by atoms with Crippen molar-refractivity contribution in [3.05, 3.63) is 63.9 Å². The van der Waals surface area contributed by atoms with Gasteiger partial charge in [0.25, 0.3) is 0 Å². The third-order valence-electron chi connectivity index (χ3n) is 2.29. The average Bonchev–Trinajstić information content (AvgIpc) is 2.38. The van der Waals surface area contributed by atoms with Crippen molar-refractivity contribution in [2.24, 2.45) is 0 Å². The molecule has 0 aliphatic carbocycles. The van der Waals surface area contributed by atoms with Gasteiger partial charge in [0.1, 0.15) is 6.61 Å². The van der Waals surface area contributed by atoms with Gasteiger partial charge in [0.05, 0.1) is 5.56 Å². The molecule has 0 aliphatic heterocycles. The molecule has 1 aromatic heterocycles. The molecule has 2 rings (SSSR count). The molecule has 2 aromatic rings. The van der Waals surface area contributed by atoms with Gasteiger partial charge in [-0.3, -0.25) is 4.98 Å². The fraction of sp³-hybridized carbons (Fsp3) is 0.0769. The van der Waals surface area contributed by atoms with Crippen LogP contribution in [-0.4, -0.2) is 11.0 Å². The summed E-state index contributed by atoms with van der Waals surface area (Å²) in [6.07, 6.45) is 3.07. The maximum atomic E-state index is 11.7. The summed E-state index contributed by atoms with van der Waals surface area (Å²) < 4.78 is 5.14. The van der Waals surface area contributed by atoms with Gasteiger partial charge in [-0.15, -0.1) is 0 Å². The molecule has 0 aliphatic rings. The number of pyridine rings is 1. The Morgan fingerprint density at radius 2 is 1.89 bits per heavy atom. The molecule has 0 spiro atoms. The number of carbonyl (C=O) groups is 1. The molecular weight excluding hydrogens is 273 g/mol. The first kappa shape index (κ1) is 12.9. The number of benzene rings is 1. The minimum atomic E-state index is -0.414. The van der Waals surface area contributed by atoms with E-state index in [9.17, 15) is 4.79 Å². The lowest BCUT2D eigenvalue weighted by molar-refractivity contribution is 0.0473. The predicted molar refractivity (Wildman–Crippen MR) is 69.8 cm³/mol. The Labute approximate surface area is 114 Å². The van der Waals surface area contributed by atoms with Gasteiger partial charge in [0.15, 0.2) is 0 Å². The van der Waals surface area contributed by atoms with Crippen LogP contribution in [0.3, 0.4) is 0 Å². The second kappa shape index (κ2) is 5.85. The first-order chi connectivity index (χ1) is 8.66. The summed E-state index contributed by atoms with van der Waals surface area (Å²) >= 11 is 11.7. The van der Waals surface area contributed by atoms with Crippen molar-refractivity contribution >= 4 is 29.2 Å². The van der Waals surface area contributed by atoms with E-state index in [0.29, 0.717) is 21.2 Å². The molecule has 0 saturated carbocycles. The SMILES string of the molecule is O=C(OCc1ccc(Cl)cc1Cl)c1ccncc1. The number of carbonyl (C=O) groups excluding carboxylic acids is 1. The summed E-state index contributed by atoms with van der Waals surface area (Å²) in [6, 6.07) is 8.21. The standard InChI is InChI=1S/C13H9Cl2NO2/c14-11-2-1-10(12(15)7-11)8-18-13(17)9-3-5-16-6-4-9/h1-7H,8H2. The predicted octanol–water partition coefficient (Wildman–Crippen LogP) is 3.75. The molecule has 0 fully saturated rings. The molecule has 0 bridgehead atoms. The van der Waals surface area contributed by atoms with Crippen LogP contribution in [0.5, 0.6) is 0 Å². The second-order valence-electron chi connectivity index (χ2n) is 3.55. The Morgan fingerprint density at radius 3 is 2.56 bits per heavy atom. The van der Waals surface area contributed by atoms with Gasteiger partial charge in [-0.05, 0) is 24.3 Å². The number of nitrogens with zero attached hydrogens (tertiary/aromatic N) is 1. The second-order valence-corrected chi connectivity index (χ2v) is 4.39. The van der Waals surface area contributed by atoms with Crippen molar-refractivity contribution in [1.29, 1.82) is 0 Å². The van der Waals surface area contributed by atoms with Crippen molar-refractivity contribution in [1.82, 2.24) is 4.98 Å². The molecule has 0 saturated heterocycles. The monoisotopic (exact) mass is 281 g/mol. The highest BCUT2D eigenvalue weighted by atomic mass is 35.5. The Balaban J connectivity index is 2.02. The van der Waals surface area contributed by atoms with E-state index in [0.717, 1.165) is 0 Å². The Bertz CT molecular complexity index is 558. The molecule has 5 heteroatoms. The molecule has 0 radical (unpaired) electrons. The molecular formula is C13H9Cl2NO2. The maximum absolute atomic E-state index is 11.7. The number of aromatic nitrogens is 1. The number of esters is 1. The molecule has 3 nitrogen and oxygen atoms in total. The topological polar surface area (TPSA) is 39.2 Å². The minimum absolute atomic E-state index is 0.108. The Kier molecular flexibility index (Phi) is 4.18. The van der Waals surface area contributed by atoms with Crippen molar-refractivity contribution in [2.75, 3.05) is 0 Å². The van der Waals surface area contributed by atoms with Crippen LogP contribution in [-0.2, 0) is 11.3 Å². The molecule has 92 valence electrons. The van der Waals surface area contributed by atoms with Gasteiger partial charge >= 0.3 is 5.97 Å². The van der Waals surface area contributed by atoms with E-state index >= 15 is 0 Å². The van der Waals surface area contributed by atoms with Crippen LogP contribution in [0.15, 0.2) is 42.7 Å². The normalized spacial score (nSPS) is 10.1. The van der Waals surface area contributed by atoms with Gasteiger partial charge < -0.3 is 4.74 Å². The first-order valence-electron chi connectivity index (χ1n) is 5.18. The van der Waals surface area contributed by atoms with E-state index in [-0.39, 0.29) is 6.61 Å². The Morgan fingerprint density at radius 1 is 1.17 bits per heavy atom. The highest BCUT2D eigenvalue weighted by Gasteiger charge is 2.08. The highest BCUT2D eigenvalue weighted by molar-refractivity contribution is 6.35. The van der Waals surface area contributed by atoms with Crippen LogP contribution < -0.4 is 0 Å². The van der Waals surface area contributed by atoms with Crippen LogP contribution >= 0.6 is 23.2 Å². The number of ether oxygens (including phenoxy) is 1. The third kappa shape index (κ3) is 3.22. The molecule has 0 amide bonds. The lowest BCUT2D eigenvalue weighted by atomic mass is 10.2. The third-order valence-corrected chi connectivity index (χ3v) is 2.88. The van der Waals surface area contributed by atoms with Crippen molar-refractivity contribution in [2.45, 2.75) is 6.61 Å². The summed E-state index contributed by atoms with van der Waals surface area (Å²) in [4.78, 5) is 15.5. The van der Waals surface area contributed by atoms with Crippen LogP contribution in [0.1, 0.15) is 15.9 Å². The molecule has 0 N–H and O–H groups in total. The lowest BCUT2D eigenvalue weighted by Crippen LogP contribution is -2.05. The smallest absolute Gasteiger partial charge is 0.338 e. The van der Waals surface area contributed by atoms with Gasteiger partial charge in [-0.2, -0.15) is 0 Å². The Hall–Kier alpha value is -1.58. The molecule has 0 atom stereocenters. The van der Waals surface area contributed by atoms with E-state index in [2.05, 4.69) is 4.98 Å². The quantitative estimate of drug-likeness (QED) is 0.805. The summed E-state index contributed by atoms with van der Waals surface area (Å²) in [6.45, 7) is 0.108. The number of hydrogen-bond donors (Lipinski definition) is 0. The fourth-order valence-corrected chi connectivity index (χ4v) is 1.82. The highest BCUT2D eigenvalue weighted by Crippen LogP contribution is 2.21. The molecule has 18 heavy (non-hydrogen) atoms. The molecule has 1 heterocycles. The average molecular weight is 282 g/mol. The van der Waals surface area contributed by atoms with Gasteiger partial charge in [0, 0.05) is 28.0 Å². The number of halogens is 2. The van der Waals surface area contributed by atoms with E-state index in [1.807, 2.05) is 0 Å². The summed E-state index contributed by atoms with van der Waals surface area (Å²) in [7, 11) is 0. The largest absolute Gasteiger partial charge is 0.457 e. The summed E-state index contributed by atoms with van der Waals surface area (Å²) in [5.41, 5.74) is 1.17. The van der Waals surface area contributed by atoms with Gasteiger partial charge in [-0.1, -0.05) is 29.3 Å². The van der Waals surface area contributed by atoms with Crippen LogP contribution in [0, 0.1) is 0 Å². The van der Waals surface area contributed by atoms with E-state index in [1.165, 1.54) is 12.4 Å². The summed E-state index contributed by atoms with van der Waals surface area (Å²) in [5, 5.41) is 1.02.